The Morgan fingerprint density at radius 3 is 2.37 bits per heavy atom. The highest BCUT2D eigenvalue weighted by atomic mass is 32.2. The first kappa shape index (κ1) is 13.4. The van der Waals surface area contributed by atoms with E-state index in [9.17, 15) is 8.42 Å². The van der Waals surface area contributed by atoms with Crippen LogP contribution in [0, 0.1) is 13.8 Å². The van der Waals surface area contributed by atoms with Crippen molar-refractivity contribution in [2.24, 2.45) is 0 Å². The van der Waals surface area contributed by atoms with E-state index >= 15 is 0 Å². The van der Waals surface area contributed by atoms with Crippen molar-refractivity contribution in [1.29, 1.82) is 0 Å². The molecule has 19 heavy (non-hydrogen) atoms. The van der Waals surface area contributed by atoms with E-state index in [0.717, 1.165) is 5.56 Å². The minimum Gasteiger partial charge on any atom is -0.398 e. The van der Waals surface area contributed by atoms with Crippen LogP contribution < -0.4 is 10.5 Å². The summed E-state index contributed by atoms with van der Waals surface area (Å²) in [6, 6.07) is 12.2. The molecule has 0 spiro atoms. The molecule has 0 bridgehead atoms. The molecule has 4 nitrogen and oxygen atoms in total. The van der Waals surface area contributed by atoms with E-state index < -0.39 is 10.0 Å². The third-order valence-electron chi connectivity index (χ3n) is 2.78. The summed E-state index contributed by atoms with van der Waals surface area (Å²) in [5, 5.41) is 0. The van der Waals surface area contributed by atoms with Crippen LogP contribution in [0.15, 0.2) is 47.4 Å². The first-order chi connectivity index (χ1) is 8.90. The molecular weight excluding hydrogens is 260 g/mol. The predicted molar refractivity (Wildman–Crippen MR) is 77.6 cm³/mol. The van der Waals surface area contributed by atoms with Gasteiger partial charge in [-0.25, -0.2) is 8.42 Å². The van der Waals surface area contributed by atoms with E-state index in [1.54, 1.807) is 43.3 Å². The van der Waals surface area contributed by atoms with Gasteiger partial charge >= 0.3 is 0 Å². The minimum absolute atomic E-state index is 0.136. The quantitative estimate of drug-likeness (QED) is 0.847. The van der Waals surface area contributed by atoms with E-state index in [0.29, 0.717) is 11.3 Å². The molecule has 0 aliphatic rings. The van der Waals surface area contributed by atoms with Crippen molar-refractivity contribution >= 4 is 21.4 Å². The standard InChI is InChI=1S/C14H16N2O2S/c1-10-5-3-7-12(9-10)16-19(17,18)14-11(2)6-4-8-13(14)15/h3-9,16H,15H2,1-2H3. The maximum atomic E-state index is 12.4. The number of hydrogen-bond acceptors (Lipinski definition) is 3. The third kappa shape index (κ3) is 2.88. The first-order valence-corrected chi connectivity index (χ1v) is 7.33. The van der Waals surface area contributed by atoms with E-state index in [1.807, 2.05) is 13.0 Å². The molecule has 0 aliphatic heterocycles. The van der Waals surface area contributed by atoms with Crippen LogP contribution in [0.4, 0.5) is 11.4 Å². The summed E-state index contributed by atoms with van der Waals surface area (Å²) in [6.45, 7) is 3.63. The number of anilines is 2. The molecular formula is C14H16N2O2S. The maximum absolute atomic E-state index is 12.4. The highest BCUT2D eigenvalue weighted by Gasteiger charge is 2.19. The van der Waals surface area contributed by atoms with Gasteiger partial charge in [-0.2, -0.15) is 0 Å². The number of rotatable bonds is 3. The molecule has 0 aliphatic carbocycles. The molecule has 5 heteroatoms. The molecule has 0 fully saturated rings. The zero-order valence-corrected chi connectivity index (χ0v) is 11.7. The van der Waals surface area contributed by atoms with E-state index in [2.05, 4.69) is 4.72 Å². The van der Waals surface area contributed by atoms with E-state index in [4.69, 9.17) is 5.73 Å². The topological polar surface area (TPSA) is 72.2 Å². The van der Waals surface area contributed by atoms with Crippen molar-refractivity contribution in [2.75, 3.05) is 10.5 Å². The van der Waals surface area contributed by atoms with Crippen molar-refractivity contribution in [3.63, 3.8) is 0 Å². The Balaban J connectivity index is 2.44. The lowest BCUT2D eigenvalue weighted by Crippen LogP contribution is -2.16. The summed E-state index contributed by atoms with van der Waals surface area (Å²) in [5.74, 6) is 0. The fourth-order valence-electron chi connectivity index (χ4n) is 1.96. The second kappa shape index (κ2) is 4.93. The Kier molecular flexibility index (Phi) is 3.48. The number of nitrogens with one attached hydrogen (secondary N) is 1. The maximum Gasteiger partial charge on any atom is 0.264 e. The van der Waals surface area contributed by atoms with Crippen molar-refractivity contribution in [2.45, 2.75) is 18.7 Å². The Bertz CT molecular complexity index is 689. The Labute approximate surface area is 113 Å². The van der Waals surface area contributed by atoms with E-state index in [1.165, 1.54) is 0 Å². The zero-order chi connectivity index (χ0) is 14.0. The highest BCUT2D eigenvalue weighted by Crippen LogP contribution is 2.25. The van der Waals surface area contributed by atoms with Crippen LogP contribution in [0.3, 0.4) is 0 Å². The van der Waals surface area contributed by atoms with Gasteiger partial charge in [0.2, 0.25) is 0 Å². The van der Waals surface area contributed by atoms with Crippen molar-refractivity contribution in [3.8, 4) is 0 Å². The van der Waals surface area contributed by atoms with Gasteiger partial charge in [0.25, 0.3) is 10.0 Å². The molecule has 3 N–H and O–H groups in total. The largest absolute Gasteiger partial charge is 0.398 e. The summed E-state index contributed by atoms with van der Waals surface area (Å²) in [6.07, 6.45) is 0. The Morgan fingerprint density at radius 1 is 1.05 bits per heavy atom. The number of benzene rings is 2. The van der Waals surface area contributed by atoms with Gasteiger partial charge in [-0.05, 0) is 43.2 Å². The monoisotopic (exact) mass is 276 g/mol. The Morgan fingerprint density at radius 2 is 1.74 bits per heavy atom. The van der Waals surface area contributed by atoms with Crippen LogP contribution in [-0.2, 0) is 10.0 Å². The van der Waals surface area contributed by atoms with Crippen molar-refractivity contribution in [1.82, 2.24) is 0 Å². The number of nitrogen functional groups attached to an aromatic ring is 1. The summed E-state index contributed by atoms with van der Waals surface area (Å²) in [5.41, 5.74) is 8.16. The summed E-state index contributed by atoms with van der Waals surface area (Å²) >= 11 is 0. The molecule has 0 saturated heterocycles. The molecule has 0 heterocycles. The molecule has 0 atom stereocenters. The highest BCUT2D eigenvalue weighted by molar-refractivity contribution is 7.93. The van der Waals surface area contributed by atoms with Crippen LogP contribution in [0.2, 0.25) is 0 Å². The van der Waals surface area contributed by atoms with E-state index in [-0.39, 0.29) is 10.6 Å². The molecule has 2 aromatic rings. The molecule has 2 rings (SSSR count). The fraction of sp³-hybridized carbons (Fsp3) is 0.143. The molecule has 0 unspecified atom stereocenters. The molecule has 0 aromatic heterocycles. The number of hydrogen-bond donors (Lipinski definition) is 2. The third-order valence-corrected chi connectivity index (χ3v) is 4.38. The van der Waals surface area contributed by atoms with Crippen LogP contribution >= 0.6 is 0 Å². The van der Waals surface area contributed by atoms with Crippen LogP contribution in [0.25, 0.3) is 0 Å². The lowest BCUT2D eigenvalue weighted by Gasteiger charge is -2.12. The summed E-state index contributed by atoms with van der Waals surface area (Å²) < 4.78 is 27.3. The van der Waals surface area contributed by atoms with Gasteiger partial charge in [-0.15, -0.1) is 0 Å². The Hall–Kier alpha value is -2.01. The molecule has 2 aromatic carbocycles. The van der Waals surface area contributed by atoms with Gasteiger partial charge < -0.3 is 5.73 Å². The predicted octanol–water partition coefficient (Wildman–Crippen LogP) is 2.69. The summed E-state index contributed by atoms with van der Waals surface area (Å²) in [7, 11) is -3.67. The average molecular weight is 276 g/mol. The summed E-state index contributed by atoms with van der Waals surface area (Å²) in [4.78, 5) is 0.136. The molecule has 100 valence electrons. The van der Waals surface area contributed by atoms with Gasteiger partial charge in [-0.1, -0.05) is 24.3 Å². The number of nitrogens with two attached hydrogens (primary N) is 1. The second-order valence-corrected chi connectivity index (χ2v) is 6.09. The van der Waals surface area contributed by atoms with Crippen molar-refractivity contribution in [3.05, 3.63) is 53.6 Å². The normalized spacial score (nSPS) is 11.3. The lowest BCUT2D eigenvalue weighted by molar-refractivity contribution is 0.601. The molecule has 0 radical (unpaired) electrons. The van der Waals surface area contributed by atoms with Crippen LogP contribution in [0.5, 0.6) is 0 Å². The average Bonchev–Trinajstić information content (AvgIpc) is 2.27. The fourth-order valence-corrected chi connectivity index (χ4v) is 3.37. The second-order valence-electron chi connectivity index (χ2n) is 4.47. The first-order valence-electron chi connectivity index (χ1n) is 5.85. The van der Waals surface area contributed by atoms with Gasteiger partial charge in [0.15, 0.2) is 0 Å². The zero-order valence-electron chi connectivity index (χ0n) is 10.8. The molecule has 0 saturated carbocycles. The van der Waals surface area contributed by atoms with Gasteiger partial charge in [0.05, 0.1) is 5.69 Å². The van der Waals surface area contributed by atoms with Crippen LogP contribution in [0.1, 0.15) is 11.1 Å². The van der Waals surface area contributed by atoms with Crippen LogP contribution in [-0.4, -0.2) is 8.42 Å². The van der Waals surface area contributed by atoms with Crippen molar-refractivity contribution < 1.29 is 8.42 Å². The van der Waals surface area contributed by atoms with Gasteiger partial charge in [0, 0.05) is 5.69 Å². The number of sulfonamides is 1. The number of aryl methyl sites for hydroxylation is 2. The smallest absolute Gasteiger partial charge is 0.264 e. The van der Waals surface area contributed by atoms with Gasteiger partial charge in [-0.3, -0.25) is 4.72 Å². The lowest BCUT2D eigenvalue weighted by atomic mass is 10.2. The van der Waals surface area contributed by atoms with Gasteiger partial charge in [0.1, 0.15) is 4.90 Å². The molecule has 0 amide bonds. The SMILES string of the molecule is Cc1cccc(NS(=O)(=O)c2c(C)cccc2N)c1. The minimum atomic E-state index is -3.67.